The summed E-state index contributed by atoms with van der Waals surface area (Å²) in [6, 6.07) is 4.66. The third-order valence-corrected chi connectivity index (χ3v) is 5.39. The highest BCUT2D eigenvalue weighted by molar-refractivity contribution is 6.33. The van der Waals surface area contributed by atoms with Crippen molar-refractivity contribution in [2.75, 3.05) is 18.0 Å². The first-order chi connectivity index (χ1) is 13.7. The minimum Gasteiger partial charge on any atom is -0.469 e. The number of rotatable bonds is 6. The Morgan fingerprint density at radius 2 is 2.14 bits per heavy atom. The summed E-state index contributed by atoms with van der Waals surface area (Å²) in [7, 11) is 0. The number of pyridine rings is 1. The molecule has 29 heavy (non-hydrogen) atoms. The predicted octanol–water partition coefficient (Wildman–Crippen LogP) is 4.70. The van der Waals surface area contributed by atoms with Crippen molar-refractivity contribution in [1.82, 2.24) is 10.3 Å². The minimum atomic E-state index is -4.48. The molecule has 1 aliphatic rings. The fourth-order valence-electron chi connectivity index (χ4n) is 3.42. The number of carbonyl (C=O) groups excluding carboxylic acids is 1. The summed E-state index contributed by atoms with van der Waals surface area (Å²) in [6.45, 7) is 2.98. The number of hydrogen-bond acceptors (Lipinski definition) is 4. The first-order valence-corrected chi connectivity index (χ1v) is 9.92. The van der Waals surface area contributed by atoms with Crippen LogP contribution in [0.25, 0.3) is 0 Å². The molecule has 0 aliphatic carbocycles. The lowest BCUT2D eigenvalue weighted by Gasteiger charge is -2.33. The summed E-state index contributed by atoms with van der Waals surface area (Å²) in [4.78, 5) is 18.2. The Kier molecular flexibility index (Phi) is 6.72. The number of halogens is 4. The third-order valence-electron chi connectivity index (χ3n) is 5.11. The molecule has 0 radical (unpaired) electrons. The summed E-state index contributed by atoms with van der Waals surface area (Å²) in [5.41, 5.74) is -0.871. The number of aromatic nitrogens is 1. The van der Waals surface area contributed by atoms with E-state index in [9.17, 15) is 18.0 Å². The van der Waals surface area contributed by atoms with Gasteiger partial charge >= 0.3 is 6.18 Å². The lowest BCUT2D eigenvalue weighted by atomic mass is 9.95. The van der Waals surface area contributed by atoms with Crippen LogP contribution in [0.1, 0.15) is 37.5 Å². The van der Waals surface area contributed by atoms with Gasteiger partial charge in [0.1, 0.15) is 11.6 Å². The Hall–Kier alpha value is -2.22. The van der Waals surface area contributed by atoms with Crippen molar-refractivity contribution in [3.63, 3.8) is 0 Å². The molecule has 2 aromatic heterocycles. The highest BCUT2D eigenvalue weighted by atomic mass is 35.5. The zero-order chi connectivity index (χ0) is 21.0. The lowest BCUT2D eigenvalue weighted by molar-refractivity contribution is -0.137. The van der Waals surface area contributed by atoms with Crippen LogP contribution in [0.3, 0.4) is 0 Å². The standard InChI is InChI=1S/C20H23ClF3N3O2/c1-13(4-5-16-3-2-10-29-16)26-19(28)14-6-8-27(9-7-14)18-17(21)11-15(12-25-18)20(22,23)24/h2-3,10-14H,4-9H2,1H3,(H,26,28)/t13-/m1/s1. The number of anilines is 1. The van der Waals surface area contributed by atoms with Crippen LogP contribution in [0.15, 0.2) is 35.1 Å². The molecule has 1 saturated heterocycles. The third kappa shape index (κ3) is 5.65. The summed E-state index contributed by atoms with van der Waals surface area (Å²) in [5, 5.41) is 3.00. The molecular formula is C20H23ClF3N3O2. The van der Waals surface area contributed by atoms with Gasteiger partial charge in [-0.1, -0.05) is 11.6 Å². The molecule has 1 N–H and O–H groups in total. The molecule has 0 unspecified atom stereocenters. The molecule has 1 aliphatic heterocycles. The van der Waals surface area contributed by atoms with E-state index < -0.39 is 11.7 Å². The Morgan fingerprint density at radius 3 is 2.72 bits per heavy atom. The largest absolute Gasteiger partial charge is 0.469 e. The number of amides is 1. The molecule has 0 spiro atoms. The van der Waals surface area contributed by atoms with Gasteiger partial charge in [-0.05, 0) is 44.4 Å². The summed E-state index contributed by atoms with van der Waals surface area (Å²) in [5.74, 6) is 1.08. The number of alkyl halides is 3. The number of piperidine rings is 1. The van der Waals surface area contributed by atoms with Crippen LogP contribution in [0.5, 0.6) is 0 Å². The fourth-order valence-corrected chi connectivity index (χ4v) is 3.70. The maximum absolute atomic E-state index is 12.8. The Labute approximate surface area is 172 Å². The Bertz CT molecular complexity index is 819. The fraction of sp³-hybridized carbons (Fsp3) is 0.500. The molecule has 1 atom stereocenters. The average Bonchev–Trinajstić information content (AvgIpc) is 3.19. The number of nitrogens with zero attached hydrogens (tertiary/aromatic N) is 2. The van der Waals surface area contributed by atoms with Gasteiger partial charge in [-0.25, -0.2) is 4.98 Å². The molecule has 3 rings (SSSR count). The molecule has 3 heterocycles. The van der Waals surface area contributed by atoms with Crippen LogP contribution in [-0.4, -0.2) is 30.0 Å². The number of furan rings is 1. The van der Waals surface area contributed by atoms with E-state index in [0.29, 0.717) is 31.7 Å². The van der Waals surface area contributed by atoms with Crippen LogP contribution in [0.2, 0.25) is 5.02 Å². The average molecular weight is 430 g/mol. The predicted molar refractivity (Wildman–Crippen MR) is 104 cm³/mol. The van der Waals surface area contributed by atoms with Gasteiger partial charge in [-0.3, -0.25) is 4.79 Å². The van der Waals surface area contributed by atoms with Gasteiger partial charge in [0.25, 0.3) is 0 Å². The smallest absolute Gasteiger partial charge is 0.417 e. The van der Waals surface area contributed by atoms with Crippen LogP contribution < -0.4 is 10.2 Å². The first kappa shape index (κ1) is 21.5. The van der Waals surface area contributed by atoms with E-state index in [1.54, 1.807) is 6.26 Å². The van der Waals surface area contributed by atoms with Gasteiger partial charge in [-0.2, -0.15) is 13.2 Å². The van der Waals surface area contributed by atoms with Gasteiger partial charge in [-0.15, -0.1) is 0 Å². The van der Waals surface area contributed by atoms with Crippen LogP contribution in [-0.2, 0) is 17.4 Å². The minimum absolute atomic E-state index is 0.00284. The van der Waals surface area contributed by atoms with Gasteiger partial charge in [0.2, 0.25) is 5.91 Å². The topological polar surface area (TPSA) is 58.4 Å². The molecule has 1 amide bonds. The maximum atomic E-state index is 12.8. The highest BCUT2D eigenvalue weighted by Crippen LogP contribution is 2.34. The van der Waals surface area contributed by atoms with Crippen LogP contribution in [0.4, 0.5) is 19.0 Å². The molecule has 5 nitrogen and oxygen atoms in total. The van der Waals surface area contributed by atoms with E-state index in [2.05, 4.69) is 10.3 Å². The van der Waals surface area contributed by atoms with Crippen molar-refractivity contribution in [2.45, 2.75) is 44.8 Å². The van der Waals surface area contributed by atoms with Crippen molar-refractivity contribution in [2.24, 2.45) is 5.92 Å². The second-order valence-corrected chi connectivity index (χ2v) is 7.72. The van der Waals surface area contributed by atoms with Crippen molar-refractivity contribution < 1.29 is 22.4 Å². The number of aryl methyl sites for hydroxylation is 1. The summed E-state index contributed by atoms with van der Waals surface area (Å²) in [6.07, 6.45) is 0.665. The zero-order valence-corrected chi connectivity index (χ0v) is 16.8. The normalized spacial score (nSPS) is 16.7. The number of carbonyl (C=O) groups is 1. The van der Waals surface area contributed by atoms with Crippen LogP contribution in [0, 0.1) is 5.92 Å². The Balaban J connectivity index is 1.49. The molecule has 0 saturated carbocycles. The summed E-state index contributed by atoms with van der Waals surface area (Å²) >= 11 is 6.02. The monoisotopic (exact) mass is 429 g/mol. The first-order valence-electron chi connectivity index (χ1n) is 9.54. The van der Waals surface area contributed by atoms with Gasteiger partial charge in [0, 0.05) is 37.7 Å². The maximum Gasteiger partial charge on any atom is 0.417 e. The van der Waals surface area contributed by atoms with Gasteiger partial charge in [0.05, 0.1) is 16.8 Å². The molecule has 0 aromatic carbocycles. The van der Waals surface area contributed by atoms with Gasteiger partial charge < -0.3 is 14.6 Å². The lowest BCUT2D eigenvalue weighted by Crippen LogP contribution is -2.43. The molecule has 158 valence electrons. The van der Waals surface area contributed by atoms with Crippen molar-refractivity contribution in [3.8, 4) is 0 Å². The van der Waals surface area contributed by atoms with Gasteiger partial charge in [0.15, 0.2) is 0 Å². The molecule has 2 aromatic rings. The number of hydrogen-bond donors (Lipinski definition) is 1. The SMILES string of the molecule is C[C@H](CCc1ccco1)NC(=O)C1CCN(c2ncc(C(F)(F)F)cc2Cl)CC1. The van der Waals surface area contributed by atoms with E-state index in [4.69, 9.17) is 16.0 Å². The molecule has 0 bridgehead atoms. The Morgan fingerprint density at radius 1 is 1.41 bits per heavy atom. The van der Waals surface area contributed by atoms with E-state index in [0.717, 1.165) is 30.9 Å². The molecule has 9 heteroatoms. The van der Waals surface area contributed by atoms with E-state index in [1.807, 2.05) is 24.0 Å². The van der Waals surface area contributed by atoms with Crippen molar-refractivity contribution in [3.05, 3.63) is 47.0 Å². The highest BCUT2D eigenvalue weighted by Gasteiger charge is 2.33. The molecule has 1 fully saturated rings. The number of nitrogens with one attached hydrogen (secondary N) is 1. The molecular weight excluding hydrogens is 407 g/mol. The van der Waals surface area contributed by atoms with Crippen molar-refractivity contribution in [1.29, 1.82) is 0 Å². The quantitative estimate of drug-likeness (QED) is 0.723. The van der Waals surface area contributed by atoms with E-state index in [1.165, 1.54) is 0 Å². The van der Waals surface area contributed by atoms with Crippen LogP contribution >= 0.6 is 11.6 Å². The second-order valence-electron chi connectivity index (χ2n) is 7.32. The summed E-state index contributed by atoms with van der Waals surface area (Å²) < 4.78 is 43.6. The van der Waals surface area contributed by atoms with E-state index >= 15 is 0 Å². The zero-order valence-electron chi connectivity index (χ0n) is 16.0. The second kappa shape index (κ2) is 9.07. The van der Waals surface area contributed by atoms with Crippen molar-refractivity contribution >= 4 is 23.3 Å². The van der Waals surface area contributed by atoms with E-state index in [-0.39, 0.29) is 22.9 Å².